The molecule has 3 heteroatoms. The Hall–Kier alpha value is -2.55. The third-order valence-electron chi connectivity index (χ3n) is 2.71. The number of aromatic amines is 1. The molecule has 0 spiro atoms. The van der Waals surface area contributed by atoms with Gasteiger partial charge in [-0.25, -0.2) is 4.98 Å². The van der Waals surface area contributed by atoms with Crippen molar-refractivity contribution in [2.45, 2.75) is 0 Å². The van der Waals surface area contributed by atoms with Crippen molar-refractivity contribution < 1.29 is 5.11 Å². The molecule has 88 valence electrons. The van der Waals surface area contributed by atoms with E-state index in [0.29, 0.717) is 0 Å². The van der Waals surface area contributed by atoms with E-state index in [-0.39, 0.29) is 5.75 Å². The molecule has 0 unspecified atom stereocenters. The summed E-state index contributed by atoms with van der Waals surface area (Å²) in [5.41, 5.74) is 2.91. The van der Waals surface area contributed by atoms with Crippen LogP contribution >= 0.6 is 0 Å². The molecule has 0 radical (unpaired) electrons. The zero-order valence-corrected chi connectivity index (χ0v) is 9.67. The summed E-state index contributed by atoms with van der Waals surface area (Å²) in [5.74, 6) is 1.07. The number of phenolic OH excluding ortho intramolecular Hbond substituents is 1. The molecule has 0 bridgehead atoms. The van der Waals surface area contributed by atoms with Crippen molar-refractivity contribution in [1.29, 1.82) is 0 Å². The lowest BCUT2D eigenvalue weighted by Crippen LogP contribution is -1.74. The zero-order chi connectivity index (χ0) is 12.4. The number of aromatic nitrogens is 2. The Kier molecular flexibility index (Phi) is 2.57. The second-order valence-electron chi connectivity index (χ2n) is 4.07. The van der Waals surface area contributed by atoms with Gasteiger partial charge in [0.2, 0.25) is 0 Å². The first-order valence-corrected chi connectivity index (χ1v) is 5.73. The van der Waals surface area contributed by atoms with Crippen molar-refractivity contribution in [2.75, 3.05) is 0 Å². The molecule has 0 saturated heterocycles. The topological polar surface area (TPSA) is 48.9 Å². The summed E-state index contributed by atoms with van der Waals surface area (Å²) in [7, 11) is 0. The lowest BCUT2D eigenvalue weighted by molar-refractivity contribution is 0.475. The van der Waals surface area contributed by atoms with Crippen molar-refractivity contribution in [3.63, 3.8) is 0 Å². The predicted octanol–water partition coefficient (Wildman–Crippen LogP) is 3.44. The molecule has 0 fully saturated rings. The SMILES string of the molecule is Oc1cccc(/C=C/c2nc3ccccc3[nH]2)c1. The maximum atomic E-state index is 9.37. The summed E-state index contributed by atoms with van der Waals surface area (Å²) in [5, 5.41) is 9.37. The fraction of sp³-hybridized carbons (Fsp3) is 0. The van der Waals surface area contributed by atoms with Crippen molar-refractivity contribution in [3.05, 3.63) is 59.9 Å². The Bertz CT molecular complexity index is 680. The summed E-state index contributed by atoms with van der Waals surface area (Å²) in [4.78, 5) is 7.67. The van der Waals surface area contributed by atoms with Gasteiger partial charge in [0.1, 0.15) is 11.6 Å². The zero-order valence-electron chi connectivity index (χ0n) is 9.67. The molecular formula is C15H12N2O. The van der Waals surface area contributed by atoms with Crippen LogP contribution in [0, 0.1) is 0 Å². The summed E-state index contributed by atoms with van der Waals surface area (Å²) >= 11 is 0. The largest absolute Gasteiger partial charge is 0.508 e. The molecule has 3 rings (SSSR count). The number of imidazole rings is 1. The van der Waals surface area contributed by atoms with Crippen LogP contribution in [0.2, 0.25) is 0 Å². The molecule has 0 aliphatic carbocycles. The monoisotopic (exact) mass is 236 g/mol. The van der Waals surface area contributed by atoms with Crippen LogP contribution < -0.4 is 0 Å². The number of fused-ring (bicyclic) bond motifs is 1. The summed E-state index contributed by atoms with van der Waals surface area (Å²) in [6.45, 7) is 0. The fourth-order valence-electron chi connectivity index (χ4n) is 1.86. The number of para-hydroxylation sites is 2. The molecule has 3 aromatic rings. The third-order valence-corrected chi connectivity index (χ3v) is 2.71. The highest BCUT2D eigenvalue weighted by Crippen LogP contribution is 2.15. The Balaban J connectivity index is 1.92. The van der Waals surface area contributed by atoms with E-state index in [1.54, 1.807) is 12.1 Å². The average Bonchev–Trinajstić information content (AvgIpc) is 2.79. The average molecular weight is 236 g/mol. The molecule has 1 heterocycles. The number of H-pyrrole nitrogens is 1. The van der Waals surface area contributed by atoms with Crippen LogP contribution in [-0.4, -0.2) is 15.1 Å². The first-order chi connectivity index (χ1) is 8.81. The van der Waals surface area contributed by atoms with Crippen molar-refractivity contribution in [1.82, 2.24) is 9.97 Å². The van der Waals surface area contributed by atoms with Gasteiger partial charge in [-0.05, 0) is 35.9 Å². The molecular weight excluding hydrogens is 224 g/mol. The van der Waals surface area contributed by atoms with Gasteiger partial charge < -0.3 is 10.1 Å². The second kappa shape index (κ2) is 4.37. The van der Waals surface area contributed by atoms with E-state index >= 15 is 0 Å². The minimum atomic E-state index is 0.266. The quantitative estimate of drug-likeness (QED) is 0.716. The molecule has 18 heavy (non-hydrogen) atoms. The summed E-state index contributed by atoms with van der Waals surface area (Å²) in [6.07, 6.45) is 3.81. The van der Waals surface area contributed by atoms with Crippen molar-refractivity contribution in [3.8, 4) is 5.75 Å². The van der Waals surface area contributed by atoms with Crippen molar-refractivity contribution in [2.24, 2.45) is 0 Å². The summed E-state index contributed by atoms with van der Waals surface area (Å²) in [6, 6.07) is 15.0. The molecule has 0 aliphatic heterocycles. The van der Waals surface area contributed by atoms with E-state index in [9.17, 15) is 5.11 Å². The molecule has 3 nitrogen and oxygen atoms in total. The molecule has 0 saturated carbocycles. The van der Waals surface area contributed by atoms with Gasteiger partial charge in [0, 0.05) is 0 Å². The molecule has 0 aliphatic rings. The Labute approximate surface area is 104 Å². The highest BCUT2D eigenvalue weighted by atomic mass is 16.3. The number of nitrogens with zero attached hydrogens (tertiary/aromatic N) is 1. The van der Waals surface area contributed by atoms with E-state index in [1.165, 1.54) is 0 Å². The molecule has 2 aromatic carbocycles. The Morgan fingerprint density at radius 3 is 2.72 bits per heavy atom. The van der Waals surface area contributed by atoms with E-state index in [2.05, 4.69) is 9.97 Å². The minimum absolute atomic E-state index is 0.266. The van der Waals surface area contributed by atoms with Crippen LogP contribution in [0.15, 0.2) is 48.5 Å². The van der Waals surface area contributed by atoms with Gasteiger partial charge >= 0.3 is 0 Å². The predicted molar refractivity (Wildman–Crippen MR) is 73.1 cm³/mol. The fourth-order valence-corrected chi connectivity index (χ4v) is 1.86. The molecule has 2 N–H and O–H groups in total. The van der Waals surface area contributed by atoms with E-state index in [1.807, 2.05) is 48.6 Å². The maximum absolute atomic E-state index is 9.37. The lowest BCUT2D eigenvalue weighted by Gasteiger charge is -1.93. The first kappa shape index (κ1) is 10.6. The highest BCUT2D eigenvalue weighted by molar-refractivity contribution is 5.78. The van der Waals surface area contributed by atoms with Crippen LogP contribution in [0.5, 0.6) is 5.75 Å². The number of aromatic hydroxyl groups is 1. The van der Waals surface area contributed by atoms with Crippen LogP contribution in [0.3, 0.4) is 0 Å². The molecule has 1 aromatic heterocycles. The number of hydrogen-bond acceptors (Lipinski definition) is 2. The van der Waals surface area contributed by atoms with Crippen LogP contribution in [-0.2, 0) is 0 Å². The third kappa shape index (κ3) is 2.11. The van der Waals surface area contributed by atoms with Gasteiger partial charge in [-0.15, -0.1) is 0 Å². The number of rotatable bonds is 2. The van der Waals surface area contributed by atoms with Gasteiger partial charge in [0.15, 0.2) is 0 Å². The first-order valence-electron chi connectivity index (χ1n) is 5.73. The van der Waals surface area contributed by atoms with E-state index in [4.69, 9.17) is 0 Å². The van der Waals surface area contributed by atoms with Crippen LogP contribution in [0.4, 0.5) is 0 Å². The van der Waals surface area contributed by atoms with E-state index in [0.717, 1.165) is 22.4 Å². The number of benzene rings is 2. The van der Waals surface area contributed by atoms with Gasteiger partial charge in [-0.2, -0.15) is 0 Å². The normalized spacial score (nSPS) is 11.3. The second-order valence-corrected chi connectivity index (χ2v) is 4.07. The van der Waals surface area contributed by atoms with Crippen LogP contribution in [0.25, 0.3) is 23.2 Å². The number of phenols is 1. The van der Waals surface area contributed by atoms with Gasteiger partial charge in [0.05, 0.1) is 11.0 Å². The lowest BCUT2D eigenvalue weighted by atomic mass is 10.2. The van der Waals surface area contributed by atoms with Crippen LogP contribution in [0.1, 0.15) is 11.4 Å². The number of nitrogens with one attached hydrogen (secondary N) is 1. The maximum Gasteiger partial charge on any atom is 0.131 e. The van der Waals surface area contributed by atoms with Gasteiger partial charge in [-0.3, -0.25) is 0 Å². The number of hydrogen-bond donors (Lipinski definition) is 2. The smallest absolute Gasteiger partial charge is 0.131 e. The Morgan fingerprint density at radius 2 is 1.89 bits per heavy atom. The Morgan fingerprint density at radius 1 is 1.00 bits per heavy atom. The van der Waals surface area contributed by atoms with Crippen molar-refractivity contribution >= 4 is 23.2 Å². The van der Waals surface area contributed by atoms with Gasteiger partial charge in [-0.1, -0.05) is 30.3 Å². The standard InChI is InChI=1S/C15H12N2O/c18-12-5-3-4-11(10-12)8-9-15-16-13-6-1-2-7-14(13)17-15/h1-10,18H,(H,16,17)/b9-8+. The minimum Gasteiger partial charge on any atom is -0.508 e. The molecule has 0 amide bonds. The van der Waals surface area contributed by atoms with Gasteiger partial charge in [0.25, 0.3) is 0 Å². The molecule has 0 atom stereocenters. The highest BCUT2D eigenvalue weighted by Gasteiger charge is 1.97. The van der Waals surface area contributed by atoms with E-state index < -0.39 is 0 Å². The summed E-state index contributed by atoms with van der Waals surface area (Å²) < 4.78 is 0.